The molecule has 0 amide bonds. The zero-order chi connectivity index (χ0) is 25.9. The van der Waals surface area contributed by atoms with Gasteiger partial charge in [0.15, 0.2) is 0 Å². The van der Waals surface area contributed by atoms with E-state index in [1.54, 1.807) is 36.4 Å². The molecule has 0 saturated heterocycles. The zero-order valence-corrected chi connectivity index (χ0v) is 20.7. The molecule has 2 N–H and O–H groups in total. The normalized spacial score (nSPS) is 11.2. The van der Waals surface area contributed by atoms with E-state index in [2.05, 4.69) is 0 Å². The molecule has 3 rings (SSSR count). The molecule has 0 spiro atoms. The van der Waals surface area contributed by atoms with Gasteiger partial charge in [-0.25, -0.2) is 0 Å². The summed E-state index contributed by atoms with van der Waals surface area (Å²) in [6.45, 7) is 0.658. The van der Waals surface area contributed by atoms with Crippen molar-refractivity contribution < 1.29 is 29.3 Å². The molecule has 0 aliphatic carbocycles. The number of aliphatic carboxylic acids is 2. The molecule has 0 radical (unpaired) electrons. The van der Waals surface area contributed by atoms with Gasteiger partial charge in [-0.3, -0.25) is 9.59 Å². The van der Waals surface area contributed by atoms with Crippen LogP contribution < -0.4 is 9.47 Å². The monoisotopic (exact) mass is 526 g/mol. The van der Waals surface area contributed by atoms with Crippen LogP contribution in [0.15, 0.2) is 72.8 Å². The number of carboxylic acids is 2. The van der Waals surface area contributed by atoms with Crippen LogP contribution in [0.5, 0.6) is 11.5 Å². The number of rotatable bonds is 12. The second-order valence-corrected chi connectivity index (χ2v) is 8.57. The van der Waals surface area contributed by atoms with Gasteiger partial charge in [-0.05, 0) is 58.7 Å². The molecule has 0 aromatic heterocycles. The van der Waals surface area contributed by atoms with Gasteiger partial charge in [-0.15, -0.1) is 0 Å². The maximum Gasteiger partial charge on any atom is 0.307 e. The van der Waals surface area contributed by atoms with Crippen LogP contribution in [-0.2, 0) is 22.4 Å². The molecule has 8 heteroatoms. The highest BCUT2D eigenvalue weighted by Gasteiger charge is 2.07. The predicted molar refractivity (Wildman–Crippen MR) is 141 cm³/mol. The third-order valence-electron chi connectivity index (χ3n) is 4.96. The van der Waals surface area contributed by atoms with E-state index >= 15 is 0 Å². The molecule has 186 valence electrons. The van der Waals surface area contributed by atoms with Crippen LogP contribution in [0, 0.1) is 0 Å². The minimum Gasteiger partial charge on any atom is -0.489 e. The summed E-state index contributed by atoms with van der Waals surface area (Å²) in [4.78, 5) is 21.6. The third kappa shape index (κ3) is 8.80. The smallest absolute Gasteiger partial charge is 0.307 e. The van der Waals surface area contributed by atoms with Crippen molar-refractivity contribution in [3.05, 3.63) is 105 Å². The quantitative estimate of drug-likeness (QED) is 0.282. The Hall–Kier alpha value is -3.74. The zero-order valence-electron chi connectivity index (χ0n) is 19.2. The Morgan fingerprint density at radius 3 is 1.89 bits per heavy atom. The topological polar surface area (TPSA) is 93.1 Å². The Labute approximate surface area is 219 Å². The predicted octanol–water partition coefficient (Wildman–Crippen LogP) is 6.43. The van der Waals surface area contributed by atoms with Crippen LogP contribution in [0.2, 0.25) is 10.0 Å². The van der Waals surface area contributed by atoms with E-state index < -0.39 is 11.9 Å². The summed E-state index contributed by atoms with van der Waals surface area (Å²) in [6, 6.07) is 17.8. The first-order valence-electron chi connectivity index (χ1n) is 11.0. The molecule has 3 aromatic carbocycles. The Bertz CT molecular complexity index is 1270. The minimum absolute atomic E-state index is 0.0864. The molecule has 0 heterocycles. The highest BCUT2D eigenvalue weighted by Crippen LogP contribution is 2.26. The summed E-state index contributed by atoms with van der Waals surface area (Å²) in [5.74, 6) is -0.783. The van der Waals surface area contributed by atoms with Gasteiger partial charge in [-0.1, -0.05) is 71.8 Å². The van der Waals surface area contributed by atoms with Gasteiger partial charge in [0, 0.05) is 5.02 Å². The van der Waals surface area contributed by atoms with Crippen molar-refractivity contribution in [2.75, 3.05) is 13.2 Å². The maximum atomic E-state index is 10.8. The molecular formula is C28H24Cl2O6. The molecule has 0 fully saturated rings. The van der Waals surface area contributed by atoms with Crippen LogP contribution in [-0.4, -0.2) is 35.4 Å². The lowest BCUT2D eigenvalue weighted by molar-refractivity contribution is -0.137. The van der Waals surface area contributed by atoms with Gasteiger partial charge >= 0.3 is 11.9 Å². The number of halogens is 2. The lowest BCUT2D eigenvalue weighted by Gasteiger charge is -2.07. The SMILES string of the molecule is O=C(O)Cc1ccc(OC/C=C/c2ccc(/C=C/COc3ccc(CC(=O)O)c(Cl)c3)cc2)c(Cl)c1. The summed E-state index contributed by atoms with van der Waals surface area (Å²) >= 11 is 12.3. The summed E-state index contributed by atoms with van der Waals surface area (Å²) in [5.41, 5.74) is 3.18. The number of hydrogen-bond acceptors (Lipinski definition) is 4. The second kappa shape index (κ2) is 13.4. The van der Waals surface area contributed by atoms with Crippen molar-refractivity contribution in [2.24, 2.45) is 0 Å². The number of hydrogen-bond donors (Lipinski definition) is 2. The number of benzene rings is 3. The number of carboxylic acid groups (broad SMARTS) is 2. The van der Waals surface area contributed by atoms with Crippen molar-refractivity contribution >= 4 is 47.3 Å². The Morgan fingerprint density at radius 1 is 0.722 bits per heavy atom. The van der Waals surface area contributed by atoms with Gasteiger partial charge in [0.1, 0.15) is 24.7 Å². The molecule has 0 unspecified atom stereocenters. The molecule has 0 aliphatic heterocycles. The summed E-state index contributed by atoms with van der Waals surface area (Å²) in [7, 11) is 0. The molecule has 0 atom stereocenters. The molecule has 36 heavy (non-hydrogen) atoms. The Kier molecular flexibility index (Phi) is 9.98. The van der Waals surface area contributed by atoms with Crippen LogP contribution in [0.4, 0.5) is 0 Å². The van der Waals surface area contributed by atoms with E-state index in [0.717, 1.165) is 11.1 Å². The molecule has 0 aliphatic rings. The minimum atomic E-state index is -0.935. The van der Waals surface area contributed by atoms with Gasteiger partial charge in [0.25, 0.3) is 0 Å². The first kappa shape index (κ1) is 26.9. The van der Waals surface area contributed by atoms with Crippen molar-refractivity contribution in [1.82, 2.24) is 0 Å². The fourth-order valence-electron chi connectivity index (χ4n) is 3.24. The van der Waals surface area contributed by atoms with Crippen molar-refractivity contribution in [3.8, 4) is 11.5 Å². The van der Waals surface area contributed by atoms with Crippen molar-refractivity contribution in [1.29, 1.82) is 0 Å². The maximum absolute atomic E-state index is 10.8. The Morgan fingerprint density at radius 2 is 1.33 bits per heavy atom. The molecule has 3 aromatic rings. The van der Waals surface area contributed by atoms with E-state index in [-0.39, 0.29) is 12.8 Å². The van der Waals surface area contributed by atoms with E-state index in [1.807, 2.05) is 48.6 Å². The lowest BCUT2D eigenvalue weighted by atomic mass is 10.1. The fourth-order valence-corrected chi connectivity index (χ4v) is 3.73. The van der Waals surface area contributed by atoms with Crippen LogP contribution in [0.3, 0.4) is 0 Å². The van der Waals surface area contributed by atoms with Gasteiger partial charge in [0.05, 0.1) is 17.9 Å². The van der Waals surface area contributed by atoms with Crippen molar-refractivity contribution in [3.63, 3.8) is 0 Å². The third-order valence-corrected chi connectivity index (χ3v) is 5.60. The van der Waals surface area contributed by atoms with Gasteiger partial charge in [0.2, 0.25) is 0 Å². The van der Waals surface area contributed by atoms with Gasteiger partial charge in [-0.2, -0.15) is 0 Å². The van der Waals surface area contributed by atoms with E-state index in [9.17, 15) is 9.59 Å². The first-order valence-corrected chi connectivity index (χ1v) is 11.7. The molecule has 6 nitrogen and oxygen atoms in total. The number of ether oxygens (including phenoxy) is 2. The van der Waals surface area contributed by atoms with Crippen LogP contribution in [0.25, 0.3) is 12.2 Å². The second-order valence-electron chi connectivity index (χ2n) is 7.75. The van der Waals surface area contributed by atoms with E-state index in [1.165, 1.54) is 0 Å². The standard InChI is InChI=1S/C28H24Cl2O6/c29-24-18-23(11-10-22(24)17-28(33)34)35-13-1-3-19-5-7-20(8-6-19)4-2-14-36-26-12-9-21(15-25(26)30)16-27(31)32/h1-12,15,18H,13-14,16-17H2,(H,31,32)(H,33,34)/b3-1+,4-2+. The number of carbonyl (C=O) groups is 2. The molecule has 0 bridgehead atoms. The first-order chi connectivity index (χ1) is 17.3. The fraction of sp³-hybridized carbons (Fsp3) is 0.143. The average Bonchev–Trinajstić information content (AvgIpc) is 2.82. The summed E-state index contributed by atoms with van der Waals surface area (Å²) < 4.78 is 11.3. The van der Waals surface area contributed by atoms with Crippen LogP contribution in [0.1, 0.15) is 22.3 Å². The highest BCUT2D eigenvalue weighted by molar-refractivity contribution is 6.32. The average molecular weight is 527 g/mol. The van der Waals surface area contributed by atoms with E-state index in [0.29, 0.717) is 45.9 Å². The molecule has 0 saturated carbocycles. The summed E-state index contributed by atoms with van der Waals surface area (Å²) in [5, 5.41) is 18.5. The summed E-state index contributed by atoms with van der Waals surface area (Å²) in [6.07, 6.45) is 7.40. The van der Waals surface area contributed by atoms with Gasteiger partial charge < -0.3 is 19.7 Å². The lowest BCUT2D eigenvalue weighted by Crippen LogP contribution is -2.01. The largest absolute Gasteiger partial charge is 0.489 e. The molecular weight excluding hydrogens is 503 g/mol. The highest BCUT2D eigenvalue weighted by atomic mass is 35.5. The van der Waals surface area contributed by atoms with Crippen molar-refractivity contribution in [2.45, 2.75) is 12.8 Å². The van der Waals surface area contributed by atoms with Crippen LogP contribution >= 0.6 is 23.2 Å². The Balaban J connectivity index is 1.44. The van der Waals surface area contributed by atoms with E-state index in [4.69, 9.17) is 42.9 Å².